The van der Waals surface area contributed by atoms with Gasteiger partial charge in [-0.3, -0.25) is 4.79 Å². The van der Waals surface area contributed by atoms with Crippen LogP contribution < -0.4 is 15.8 Å². The Hall–Kier alpha value is -3.76. The highest BCUT2D eigenvalue weighted by atomic mass is 16.5. The molecule has 3 aromatic rings. The molecule has 7 nitrogen and oxygen atoms in total. The van der Waals surface area contributed by atoms with E-state index >= 15 is 0 Å². The number of anilines is 1. The minimum Gasteiger partial charge on any atom is -0.457 e. The number of benzene rings is 2. The second kappa shape index (κ2) is 11.5. The van der Waals surface area contributed by atoms with Gasteiger partial charge in [-0.1, -0.05) is 18.2 Å². The van der Waals surface area contributed by atoms with Crippen molar-refractivity contribution in [2.75, 3.05) is 31.5 Å². The number of likely N-dealkylation sites (tertiary alicyclic amines) is 1. The van der Waals surface area contributed by atoms with E-state index in [1.54, 1.807) is 0 Å². The first-order valence-electron chi connectivity index (χ1n) is 13.3. The van der Waals surface area contributed by atoms with Crippen molar-refractivity contribution in [1.29, 1.82) is 0 Å². The third kappa shape index (κ3) is 5.65. The summed E-state index contributed by atoms with van der Waals surface area (Å²) in [5.41, 5.74) is 7.82. The molecular formula is C30H35N5O2. The van der Waals surface area contributed by atoms with Gasteiger partial charge in [0.05, 0.1) is 6.04 Å². The second-order valence-electron chi connectivity index (χ2n) is 9.94. The van der Waals surface area contributed by atoms with Crippen LogP contribution in [-0.2, 0) is 0 Å². The third-order valence-electron chi connectivity index (χ3n) is 7.53. The first kappa shape index (κ1) is 24.9. The summed E-state index contributed by atoms with van der Waals surface area (Å²) in [5.74, 6) is 5.04. The first-order valence-corrected chi connectivity index (χ1v) is 13.3. The van der Waals surface area contributed by atoms with E-state index in [-0.39, 0.29) is 6.04 Å². The zero-order valence-corrected chi connectivity index (χ0v) is 21.2. The Morgan fingerprint density at radius 2 is 1.78 bits per heavy atom. The van der Waals surface area contributed by atoms with Crippen LogP contribution in [0.5, 0.6) is 11.5 Å². The van der Waals surface area contributed by atoms with Gasteiger partial charge >= 0.3 is 0 Å². The van der Waals surface area contributed by atoms with Crippen molar-refractivity contribution in [2.24, 2.45) is 11.7 Å². The third-order valence-corrected chi connectivity index (χ3v) is 7.53. The molecule has 1 fully saturated rings. The van der Waals surface area contributed by atoms with E-state index in [0.29, 0.717) is 17.2 Å². The van der Waals surface area contributed by atoms with Crippen LogP contribution in [0.4, 0.5) is 5.82 Å². The van der Waals surface area contributed by atoms with Gasteiger partial charge in [0.1, 0.15) is 28.6 Å². The van der Waals surface area contributed by atoms with Gasteiger partial charge in [0.15, 0.2) is 0 Å². The lowest BCUT2D eigenvalue weighted by atomic mass is 9.86. The maximum absolute atomic E-state index is 12.6. The molecule has 0 radical (unpaired) electrons. The van der Waals surface area contributed by atoms with Crippen LogP contribution in [0.2, 0.25) is 0 Å². The summed E-state index contributed by atoms with van der Waals surface area (Å²) in [6.07, 6.45) is 11.7. The molecule has 0 spiro atoms. The maximum atomic E-state index is 12.6. The van der Waals surface area contributed by atoms with Gasteiger partial charge in [-0.25, -0.2) is 4.68 Å². The Morgan fingerprint density at radius 1 is 1.05 bits per heavy atom. The molecular weight excluding hydrogens is 462 g/mol. The van der Waals surface area contributed by atoms with Crippen LogP contribution in [-0.4, -0.2) is 46.8 Å². The summed E-state index contributed by atoms with van der Waals surface area (Å²) in [5, 5.41) is 8.39. The summed E-state index contributed by atoms with van der Waals surface area (Å²) in [6.45, 7) is 4.12. The Kier molecular flexibility index (Phi) is 7.76. The van der Waals surface area contributed by atoms with Crippen LogP contribution in [0.3, 0.4) is 0 Å². The van der Waals surface area contributed by atoms with Crippen molar-refractivity contribution < 1.29 is 9.53 Å². The molecule has 3 heterocycles. The lowest BCUT2D eigenvalue weighted by Crippen LogP contribution is -2.39. The second-order valence-corrected chi connectivity index (χ2v) is 9.94. The van der Waals surface area contributed by atoms with Crippen LogP contribution in [0.25, 0.3) is 11.3 Å². The minimum absolute atomic E-state index is 0.257. The highest BCUT2D eigenvalue weighted by molar-refractivity contribution is 6.03. The number of piperidine rings is 1. The molecule has 0 aliphatic carbocycles. The molecule has 1 amide bonds. The van der Waals surface area contributed by atoms with E-state index in [1.807, 2.05) is 59.3 Å². The number of nitrogens with zero attached hydrogens (tertiary/aromatic N) is 3. The lowest BCUT2D eigenvalue weighted by Gasteiger charge is -2.38. The first-order chi connectivity index (χ1) is 18.1. The lowest BCUT2D eigenvalue weighted by molar-refractivity contribution is 0.100. The largest absolute Gasteiger partial charge is 0.457 e. The van der Waals surface area contributed by atoms with Gasteiger partial charge in [-0.2, -0.15) is 5.10 Å². The number of nitrogens with two attached hydrogens (primary N) is 1. The van der Waals surface area contributed by atoms with Crippen LogP contribution >= 0.6 is 0 Å². The summed E-state index contributed by atoms with van der Waals surface area (Å²) in [4.78, 5) is 15.1. The number of nitrogens with one attached hydrogen (secondary N) is 1. The van der Waals surface area contributed by atoms with E-state index in [2.05, 4.69) is 16.1 Å². The molecule has 1 aromatic heterocycles. The molecule has 0 bridgehead atoms. The number of hydrogen-bond donors (Lipinski definition) is 2. The van der Waals surface area contributed by atoms with Crippen molar-refractivity contribution >= 4 is 11.7 Å². The van der Waals surface area contributed by atoms with Crippen LogP contribution in [0, 0.1) is 18.3 Å². The van der Waals surface area contributed by atoms with Gasteiger partial charge in [-0.15, -0.1) is 12.3 Å². The van der Waals surface area contributed by atoms with Gasteiger partial charge in [0.25, 0.3) is 5.91 Å². The SMILES string of the molecule is C#CCCCCN1CCC([C@@H]2CCNc3c(C(N)=O)c(-c4ccc(Oc5ccccc5)cc4)nn32)CC1. The average Bonchev–Trinajstić information content (AvgIpc) is 3.33. The van der Waals surface area contributed by atoms with Crippen molar-refractivity contribution in [1.82, 2.24) is 14.7 Å². The number of unbranched alkanes of at least 4 members (excludes halogenated alkanes) is 2. The van der Waals surface area contributed by atoms with Crippen molar-refractivity contribution in [2.45, 2.75) is 44.6 Å². The van der Waals surface area contributed by atoms with E-state index in [0.717, 1.165) is 87.6 Å². The number of para-hydroxylation sites is 1. The topological polar surface area (TPSA) is 85.4 Å². The maximum Gasteiger partial charge on any atom is 0.254 e. The Bertz CT molecular complexity index is 1240. The predicted octanol–water partition coefficient (Wildman–Crippen LogP) is 5.31. The zero-order chi connectivity index (χ0) is 25.6. The molecule has 37 heavy (non-hydrogen) atoms. The summed E-state index contributed by atoms with van der Waals surface area (Å²) in [7, 11) is 0. The summed E-state index contributed by atoms with van der Waals surface area (Å²) >= 11 is 0. The molecule has 0 unspecified atom stereocenters. The van der Waals surface area contributed by atoms with E-state index in [1.165, 1.54) is 0 Å². The number of rotatable bonds is 9. The molecule has 2 aliphatic rings. The smallest absolute Gasteiger partial charge is 0.254 e. The van der Waals surface area contributed by atoms with E-state index < -0.39 is 5.91 Å². The van der Waals surface area contributed by atoms with Crippen LogP contribution in [0.1, 0.15) is 54.9 Å². The summed E-state index contributed by atoms with van der Waals surface area (Å²) < 4.78 is 7.97. The summed E-state index contributed by atoms with van der Waals surface area (Å²) in [6, 6.07) is 17.6. The minimum atomic E-state index is -0.462. The predicted molar refractivity (Wildman–Crippen MR) is 147 cm³/mol. The monoisotopic (exact) mass is 497 g/mol. The number of aromatic nitrogens is 2. The fourth-order valence-corrected chi connectivity index (χ4v) is 5.60. The van der Waals surface area contributed by atoms with Crippen molar-refractivity contribution in [3.8, 4) is 35.1 Å². The number of primary amides is 1. The number of hydrogen-bond acceptors (Lipinski definition) is 5. The molecule has 1 saturated heterocycles. The van der Waals surface area contributed by atoms with E-state index in [9.17, 15) is 4.79 Å². The average molecular weight is 498 g/mol. The number of terminal acetylenes is 1. The number of carbonyl (C=O) groups is 1. The van der Waals surface area contributed by atoms with Gasteiger partial charge in [0, 0.05) is 18.5 Å². The number of ether oxygens (including phenoxy) is 1. The Labute approximate surface area is 219 Å². The van der Waals surface area contributed by atoms with Gasteiger partial charge in [-0.05, 0) is 94.1 Å². The quantitative estimate of drug-likeness (QED) is 0.309. The number of fused-ring (bicyclic) bond motifs is 1. The molecule has 0 saturated carbocycles. The molecule has 7 heteroatoms. The molecule has 5 rings (SSSR count). The fraction of sp³-hybridized carbons (Fsp3) is 0.400. The molecule has 1 atom stereocenters. The molecule has 2 aliphatic heterocycles. The Morgan fingerprint density at radius 3 is 2.49 bits per heavy atom. The number of carbonyl (C=O) groups excluding carboxylic acids is 1. The molecule has 3 N–H and O–H groups in total. The van der Waals surface area contributed by atoms with Gasteiger partial charge in [0.2, 0.25) is 0 Å². The zero-order valence-electron chi connectivity index (χ0n) is 21.2. The van der Waals surface area contributed by atoms with Gasteiger partial charge < -0.3 is 20.7 Å². The fourth-order valence-electron chi connectivity index (χ4n) is 5.60. The molecule has 192 valence electrons. The number of amides is 1. The van der Waals surface area contributed by atoms with Crippen molar-refractivity contribution in [3.63, 3.8) is 0 Å². The normalized spacial score (nSPS) is 18.0. The Balaban J connectivity index is 1.33. The highest BCUT2D eigenvalue weighted by Gasteiger charge is 2.35. The van der Waals surface area contributed by atoms with Crippen LogP contribution in [0.15, 0.2) is 54.6 Å². The highest BCUT2D eigenvalue weighted by Crippen LogP contribution is 2.40. The standard InChI is InChI=1S/C30H35N5O2/c1-2-3-4-8-19-34-20-16-22(17-21-34)26-15-18-32-30-27(29(31)36)28(33-35(26)30)23-11-13-25(14-12-23)37-24-9-6-5-7-10-24/h1,5-7,9-14,22,26,32H,3-4,8,15-21H2,(H2,31,36)/t26-/m0/s1. The van der Waals surface area contributed by atoms with E-state index in [4.69, 9.17) is 22.0 Å². The van der Waals surface area contributed by atoms with Crippen molar-refractivity contribution in [3.05, 3.63) is 60.2 Å². The molecule has 2 aromatic carbocycles.